The van der Waals surface area contributed by atoms with E-state index in [1.165, 1.54) is 0 Å². The van der Waals surface area contributed by atoms with E-state index in [0.29, 0.717) is 6.61 Å². The average Bonchev–Trinajstić information content (AvgIpc) is 2.20. The number of aliphatic hydroxyl groups is 1. The molecule has 1 aromatic carbocycles. The summed E-state index contributed by atoms with van der Waals surface area (Å²) in [6, 6.07) is 9.80. The van der Waals surface area contributed by atoms with E-state index in [2.05, 4.69) is 4.74 Å². The van der Waals surface area contributed by atoms with Gasteiger partial charge in [-0.25, -0.2) is 0 Å². The van der Waals surface area contributed by atoms with Crippen LogP contribution in [0.2, 0.25) is 0 Å². The Balaban J connectivity index is 0.000000288. The molecule has 0 saturated heterocycles. The fourth-order valence-electron chi connectivity index (χ4n) is 0.925. The van der Waals surface area contributed by atoms with Crippen LogP contribution in [-0.4, -0.2) is 31.5 Å². The second-order valence-electron chi connectivity index (χ2n) is 3.05. The number of hydrogen-bond acceptors (Lipinski definition) is 3. The monoisotopic (exact) mass is 212 g/mol. The third-order valence-corrected chi connectivity index (χ3v) is 1.46. The Labute approximate surface area is 91.6 Å². The fourth-order valence-corrected chi connectivity index (χ4v) is 0.925. The maximum atomic E-state index is 8.43. The minimum absolute atomic E-state index is 0.324. The van der Waals surface area contributed by atoms with Gasteiger partial charge < -0.3 is 14.6 Å². The summed E-state index contributed by atoms with van der Waals surface area (Å²) >= 11 is 0. The molecule has 0 aliphatic rings. The molecule has 1 unspecified atom stereocenters. The molecule has 1 atom stereocenters. The van der Waals surface area contributed by atoms with E-state index < -0.39 is 0 Å². The van der Waals surface area contributed by atoms with Gasteiger partial charge in [-0.05, 0) is 26.0 Å². The predicted molar refractivity (Wildman–Crippen MR) is 61.2 cm³/mol. The van der Waals surface area contributed by atoms with Crippen LogP contribution in [0.25, 0.3) is 0 Å². The summed E-state index contributed by atoms with van der Waals surface area (Å²) in [6.45, 7) is 4.83. The minimum Gasteiger partial charge on any atom is -0.494 e. The predicted octanol–water partition coefficient (Wildman–Crippen LogP) is 2.10. The molecule has 3 heteroatoms. The lowest BCUT2D eigenvalue weighted by molar-refractivity contribution is 0.0765. The first kappa shape index (κ1) is 13.9. The fraction of sp³-hybridized carbons (Fsp3) is 0.500. The van der Waals surface area contributed by atoms with Gasteiger partial charge in [0.25, 0.3) is 0 Å². The molecule has 0 heterocycles. The van der Waals surface area contributed by atoms with Crippen molar-refractivity contribution < 1.29 is 14.6 Å². The van der Waals surface area contributed by atoms with Crippen molar-refractivity contribution in [2.24, 2.45) is 0 Å². The molecule has 1 N–H and O–H groups in total. The highest BCUT2D eigenvalue weighted by Gasteiger charge is 1.87. The van der Waals surface area contributed by atoms with Crippen molar-refractivity contribution in [1.82, 2.24) is 0 Å². The number of aliphatic hydroxyl groups excluding tert-OH is 1. The molecule has 0 aliphatic carbocycles. The van der Waals surface area contributed by atoms with E-state index in [9.17, 15) is 0 Å². The van der Waals surface area contributed by atoms with E-state index in [-0.39, 0.29) is 6.10 Å². The van der Waals surface area contributed by atoms with Crippen molar-refractivity contribution in [2.45, 2.75) is 20.0 Å². The summed E-state index contributed by atoms with van der Waals surface area (Å²) < 4.78 is 9.76. The Morgan fingerprint density at radius 1 is 1.27 bits per heavy atom. The van der Waals surface area contributed by atoms with Crippen molar-refractivity contribution in [3.63, 3.8) is 0 Å². The molecule has 0 aromatic heterocycles. The van der Waals surface area contributed by atoms with Crippen LogP contribution in [0.3, 0.4) is 0 Å². The zero-order valence-corrected chi connectivity index (χ0v) is 9.64. The number of benzene rings is 1. The van der Waals surface area contributed by atoms with Gasteiger partial charge in [0, 0.05) is 7.11 Å². The lowest BCUT2D eigenvalue weighted by atomic mass is 10.3. The second kappa shape index (κ2) is 9.49. The Bertz CT molecular complexity index is 222. The molecule has 86 valence electrons. The zero-order valence-electron chi connectivity index (χ0n) is 9.64. The van der Waals surface area contributed by atoms with Gasteiger partial charge in [0.2, 0.25) is 0 Å². The number of hydrogen-bond donors (Lipinski definition) is 1. The molecule has 0 aliphatic heterocycles. The number of ether oxygens (including phenoxy) is 2. The molecule has 15 heavy (non-hydrogen) atoms. The number of para-hydroxylation sites is 1. The van der Waals surface area contributed by atoms with Crippen LogP contribution in [0.4, 0.5) is 0 Å². The maximum Gasteiger partial charge on any atom is 0.119 e. The summed E-state index contributed by atoms with van der Waals surface area (Å²) in [5, 5.41) is 8.43. The summed E-state index contributed by atoms with van der Waals surface area (Å²) in [5.74, 6) is 0.944. The smallest absolute Gasteiger partial charge is 0.119 e. The molecule has 1 rings (SSSR count). The third kappa shape index (κ3) is 9.25. The highest BCUT2D eigenvalue weighted by Crippen LogP contribution is 2.06. The first-order chi connectivity index (χ1) is 7.20. The topological polar surface area (TPSA) is 38.7 Å². The summed E-state index contributed by atoms with van der Waals surface area (Å²) in [6.07, 6.45) is -0.324. The van der Waals surface area contributed by atoms with E-state index in [0.717, 1.165) is 12.4 Å². The lowest BCUT2D eigenvalue weighted by Crippen LogP contribution is -2.07. The maximum absolute atomic E-state index is 8.43. The van der Waals surface area contributed by atoms with Crippen LogP contribution in [0.1, 0.15) is 13.8 Å². The molecule has 0 saturated carbocycles. The van der Waals surface area contributed by atoms with E-state index >= 15 is 0 Å². The molecule has 1 aromatic rings. The standard InChI is InChI=1S/C8H10O.C4H10O2/c1-2-9-8-6-4-3-5-7-8;1-4(5)3-6-2/h3-7H,2H2,1H3;4-5H,3H2,1-2H3. The lowest BCUT2D eigenvalue weighted by Gasteiger charge is -1.99. The van der Waals surface area contributed by atoms with Crippen molar-refractivity contribution in [2.75, 3.05) is 20.3 Å². The van der Waals surface area contributed by atoms with Crippen molar-refractivity contribution in [3.05, 3.63) is 30.3 Å². The molecular formula is C12H20O3. The van der Waals surface area contributed by atoms with Crippen LogP contribution < -0.4 is 4.74 Å². The van der Waals surface area contributed by atoms with Crippen LogP contribution >= 0.6 is 0 Å². The van der Waals surface area contributed by atoms with Crippen LogP contribution in [-0.2, 0) is 4.74 Å². The SMILES string of the molecule is CCOc1ccccc1.COCC(C)O. The molecule has 0 bridgehead atoms. The van der Waals surface area contributed by atoms with Gasteiger partial charge in [-0.2, -0.15) is 0 Å². The minimum atomic E-state index is -0.324. The van der Waals surface area contributed by atoms with Crippen molar-refractivity contribution >= 4 is 0 Å². The average molecular weight is 212 g/mol. The molecular weight excluding hydrogens is 192 g/mol. The van der Waals surface area contributed by atoms with Gasteiger partial charge in [0.15, 0.2) is 0 Å². The molecule has 0 amide bonds. The Morgan fingerprint density at radius 2 is 1.87 bits per heavy atom. The molecule has 0 radical (unpaired) electrons. The number of methoxy groups -OCH3 is 1. The van der Waals surface area contributed by atoms with Gasteiger partial charge in [-0.15, -0.1) is 0 Å². The first-order valence-corrected chi connectivity index (χ1v) is 5.05. The van der Waals surface area contributed by atoms with Gasteiger partial charge in [-0.1, -0.05) is 18.2 Å². The molecule has 0 fully saturated rings. The third-order valence-electron chi connectivity index (χ3n) is 1.46. The van der Waals surface area contributed by atoms with Crippen molar-refractivity contribution in [1.29, 1.82) is 0 Å². The van der Waals surface area contributed by atoms with Gasteiger partial charge >= 0.3 is 0 Å². The highest BCUT2D eigenvalue weighted by atomic mass is 16.5. The first-order valence-electron chi connectivity index (χ1n) is 5.05. The quantitative estimate of drug-likeness (QED) is 0.830. The van der Waals surface area contributed by atoms with E-state index in [4.69, 9.17) is 9.84 Å². The summed E-state index contributed by atoms with van der Waals surface area (Å²) in [7, 11) is 1.56. The van der Waals surface area contributed by atoms with Crippen LogP contribution in [0, 0.1) is 0 Å². The zero-order chi connectivity index (χ0) is 11.5. The highest BCUT2D eigenvalue weighted by molar-refractivity contribution is 5.20. The van der Waals surface area contributed by atoms with Crippen LogP contribution in [0.15, 0.2) is 30.3 Å². The van der Waals surface area contributed by atoms with Crippen molar-refractivity contribution in [3.8, 4) is 5.75 Å². The van der Waals surface area contributed by atoms with Gasteiger partial charge in [0.1, 0.15) is 5.75 Å². The second-order valence-corrected chi connectivity index (χ2v) is 3.05. The van der Waals surface area contributed by atoms with E-state index in [1.807, 2.05) is 37.3 Å². The summed E-state index contributed by atoms with van der Waals surface area (Å²) in [5.41, 5.74) is 0. The summed E-state index contributed by atoms with van der Waals surface area (Å²) in [4.78, 5) is 0. The molecule has 0 spiro atoms. The Morgan fingerprint density at radius 3 is 2.20 bits per heavy atom. The Kier molecular flexibility index (Phi) is 8.82. The number of rotatable bonds is 4. The van der Waals surface area contributed by atoms with Gasteiger partial charge in [-0.3, -0.25) is 0 Å². The van der Waals surface area contributed by atoms with Gasteiger partial charge in [0.05, 0.1) is 19.3 Å². The van der Waals surface area contributed by atoms with E-state index in [1.54, 1.807) is 14.0 Å². The largest absolute Gasteiger partial charge is 0.494 e. The molecule has 3 nitrogen and oxygen atoms in total. The Hall–Kier alpha value is -1.06. The van der Waals surface area contributed by atoms with Crippen LogP contribution in [0.5, 0.6) is 5.75 Å². The normalized spacial score (nSPS) is 11.2.